The number of hydrogen-bond acceptors (Lipinski definition) is 5. The van der Waals surface area contributed by atoms with Crippen LogP contribution in [-0.2, 0) is 11.3 Å². The maximum absolute atomic E-state index is 13.8. The predicted molar refractivity (Wildman–Crippen MR) is 135 cm³/mol. The predicted octanol–water partition coefficient (Wildman–Crippen LogP) is 3.65. The van der Waals surface area contributed by atoms with E-state index in [0.29, 0.717) is 42.1 Å². The van der Waals surface area contributed by atoms with E-state index in [0.717, 1.165) is 11.1 Å². The number of benzene rings is 2. The molecule has 0 saturated carbocycles. The van der Waals surface area contributed by atoms with Gasteiger partial charge in [0, 0.05) is 23.9 Å². The third-order valence-electron chi connectivity index (χ3n) is 6.82. The first-order valence-corrected chi connectivity index (χ1v) is 12.3. The number of methoxy groups -OCH3 is 1. The summed E-state index contributed by atoms with van der Waals surface area (Å²) in [5, 5.41) is 14.0. The fraction of sp³-hybridized carbons (Fsp3) is 0.276. The third-order valence-corrected chi connectivity index (χ3v) is 6.82. The van der Waals surface area contributed by atoms with Crippen LogP contribution < -0.4 is 14.4 Å². The van der Waals surface area contributed by atoms with Gasteiger partial charge in [0.25, 0.3) is 0 Å². The van der Waals surface area contributed by atoms with E-state index in [4.69, 9.17) is 9.15 Å². The van der Waals surface area contributed by atoms with E-state index >= 15 is 0 Å². The molecule has 0 aliphatic carbocycles. The lowest BCUT2D eigenvalue weighted by atomic mass is 9.93. The number of fused-ring (bicyclic) bond motifs is 1. The SMILES string of the molecule is COc1cccc2cc(C(=O)C3=C([O-])C(=O)N(CCC[n+]4cc[nH]c4)C3c3ccc(C(C)C)cc3)oc12. The van der Waals surface area contributed by atoms with E-state index < -0.39 is 23.5 Å². The van der Waals surface area contributed by atoms with Crippen LogP contribution in [0, 0.1) is 0 Å². The molecule has 0 fully saturated rings. The zero-order valence-electron chi connectivity index (χ0n) is 21.1. The highest BCUT2D eigenvalue weighted by Gasteiger charge is 2.40. The molecule has 1 atom stereocenters. The van der Waals surface area contributed by atoms with Crippen LogP contribution in [0.3, 0.4) is 0 Å². The normalized spacial score (nSPS) is 15.8. The van der Waals surface area contributed by atoms with Gasteiger partial charge in [0.15, 0.2) is 17.1 Å². The zero-order valence-corrected chi connectivity index (χ0v) is 21.1. The molecule has 1 unspecified atom stereocenters. The van der Waals surface area contributed by atoms with Crippen molar-refractivity contribution in [1.82, 2.24) is 9.88 Å². The van der Waals surface area contributed by atoms with E-state index in [-0.39, 0.29) is 11.3 Å². The van der Waals surface area contributed by atoms with Crippen molar-refractivity contribution in [3.05, 3.63) is 95.5 Å². The van der Waals surface area contributed by atoms with Crippen LogP contribution in [0.5, 0.6) is 5.75 Å². The fourth-order valence-corrected chi connectivity index (χ4v) is 4.84. The summed E-state index contributed by atoms with van der Waals surface area (Å²) in [5.74, 6) is -1.23. The summed E-state index contributed by atoms with van der Waals surface area (Å²) in [6.07, 6.45) is 6.16. The standard InChI is InChI=1S/C29H29N3O5/c1-18(2)19-8-10-20(11-9-19)25-24(26(33)23-16-21-6-4-7-22(36-3)28(21)37-23)27(34)29(35)32(25)14-5-13-31-15-12-30-17-31/h4,6-12,15-18,25H,5,13-14H2,1-3H3,(H,33,34). The summed E-state index contributed by atoms with van der Waals surface area (Å²) in [7, 11) is 1.52. The summed E-state index contributed by atoms with van der Waals surface area (Å²) in [5.41, 5.74) is 2.18. The zero-order chi connectivity index (χ0) is 26.1. The number of Topliss-reactive ketones (excluding diaryl/α,β-unsaturated/α-hetero) is 1. The number of nitrogens with zero attached hydrogens (tertiary/aromatic N) is 2. The number of hydrogen-bond donors (Lipinski definition) is 1. The molecule has 5 rings (SSSR count). The van der Waals surface area contributed by atoms with Gasteiger partial charge in [-0.05, 0) is 34.9 Å². The van der Waals surface area contributed by atoms with Crippen molar-refractivity contribution < 1.29 is 28.4 Å². The molecule has 8 heteroatoms. The number of rotatable bonds is 9. The maximum atomic E-state index is 13.8. The summed E-state index contributed by atoms with van der Waals surface area (Å²) >= 11 is 0. The van der Waals surface area contributed by atoms with Crippen LogP contribution in [0.1, 0.15) is 53.9 Å². The quantitative estimate of drug-likeness (QED) is 0.280. The Morgan fingerprint density at radius 2 is 2.00 bits per heavy atom. The molecule has 1 aliphatic heterocycles. The number of aromatic amines is 1. The average molecular weight is 500 g/mol. The van der Waals surface area contributed by atoms with Crippen LogP contribution in [0.15, 0.2) is 83.0 Å². The summed E-state index contributed by atoms with van der Waals surface area (Å²) in [6, 6.07) is 13.9. The van der Waals surface area contributed by atoms with Gasteiger partial charge in [-0.15, -0.1) is 0 Å². The fourth-order valence-electron chi connectivity index (χ4n) is 4.84. The highest BCUT2D eigenvalue weighted by Crippen LogP contribution is 2.40. The van der Waals surface area contributed by atoms with E-state index in [1.165, 1.54) is 12.0 Å². The van der Waals surface area contributed by atoms with Crippen molar-refractivity contribution in [2.75, 3.05) is 13.7 Å². The summed E-state index contributed by atoms with van der Waals surface area (Å²) in [4.78, 5) is 31.5. The lowest BCUT2D eigenvalue weighted by Crippen LogP contribution is -2.37. The van der Waals surface area contributed by atoms with Crippen LogP contribution in [0.4, 0.5) is 0 Å². The van der Waals surface area contributed by atoms with Crippen LogP contribution in [-0.4, -0.2) is 35.2 Å². The number of aromatic nitrogens is 2. The number of para-hydroxylation sites is 1. The van der Waals surface area contributed by atoms with Gasteiger partial charge >= 0.3 is 0 Å². The minimum absolute atomic E-state index is 0.00387. The third kappa shape index (κ3) is 4.50. The molecular weight excluding hydrogens is 470 g/mol. The minimum atomic E-state index is -0.792. The van der Waals surface area contributed by atoms with Gasteiger partial charge in [0.2, 0.25) is 18.0 Å². The number of ether oxygens (including phenoxy) is 1. The van der Waals surface area contributed by atoms with Crippen molar-refractivity contribution in [2.24, 2.45) is 0 Å². The van der Waals surface area contributed by atoms with Crippen molar-refractivity contribution in [1.29, 1.82) is 0 Å². The Balaban J connectivity index is 1.52. The van der Waals surface area contributed by atoms with Gasteiger partial charge in [0.1, 0.15) is 12.4 Å². The van der Waals surface area contributed by atoms with Crippen molar-refractivity contribution in [2.45, 2.75) is 38.8 Å². The first-order chi connectivity index (χ1) is 17.9. The number of amides is 1. The molecule has 0 spiro atoms. The van der Waals surface area contributed by atoms with Gasteiger partial charge in [-0.1, -0.05) is 50.2 Å². The summed E-state index contributed by atoms with van der Waals surface area (Å²) < 4.78 is 13.2. The van der Waals surface area contributed by atoms with Gasteiger partial charge in [-0.2, -0.15) is 0 Å². The number of furan rings is 1. The Morgan fingerprint density at radius 3 is 2.68 bits per heavy atom. The molecule has 1 N–H and O–H groups in total. The maximum Gasteiger partial charge on any atom is 0.241 e. The smallest absolute Gasteiger partial charge is 0.241 e. The minimum Gasteiger partial charge on any atom is -0.868 e. The Morgan fingerprint density at radius 1 is 1.22 bits per heavy atom. The number of H-pyrrole nitrogens is 1. The van der Waals surface area contributed by atoms with Gasteiger partial charge in [0.05, 0.1) is 19.7 Å². The van der Waals surface area contributed by atoms with Gasteiger partial charge in [-0.25, -0.2) is 4.57 Å². The number of nitrogens with one attached hydrogen (secondary N) is 1. The Bertz CT molecular complexity index is 1470. The molecule has 2 aromatic carbocycles. The van der Waals surface area contributed by atoms with Crippen molar-refractivity contribution in [3.63, 3.8) is 0 Å². The molecular formula is C29H29N3O5. The second-order valence-electron chi connectivity index (χ2n) is 9.49. The molecule has 8 nitrogen and oxygen atoms in total. The van der Waals surface area contributed by atoms with Crippen LogP contribution in [0.25, 0.3) is 11.0 Å². The lowest BCUT2D eigenvalue weighted by molar-refractivity contribution is -0.695. The molecule has 2 aromatic heterocycles. The first kappa shape index (κ1) is 24.4. The van der Waals surface area contributed by atoms with Gasteiger partial charge in [-0.3, -0.25) is 14.6 Å². The van der Waals surface area contributed by atoms with E-state index in [1.54, 1.807) is 24.3 Å². The number of imidazole rings is 1. The average Bonchev–Trinajstić information content (AvgIpc) is 3.63. The highest BCUT2D eigenvalue weighted by molar-refractivity contribution is 6.15. The second-order valence-corrected chi connectivity index (χ2v) is 9.49. The first-order valence-electron chi connectivity index (χ1n) is 12.3. The number of carbonyl (C=O) groups excluding carboxylic acids is 2. The van der Waals surface area contributed by atoms with E-state index in [1.807, 2.05) is 47.6 Å². The Kier molecular flexibility index (Phi) is 6.56. The Labute approximate surface area is 214 Å². The van der Waals surface area contributed by atoms with E-state index in [9.17, 15) is 14.7 Å². The topological polar surface area (TPSA) is 102 Å². The van der Waals surface area contributed by atoms with E-state index in [2.05, 4.69) is 18.8 Å². The largest absolute Gasteiger partial charge is 0.868 e. The number of ketones is 1. The van der Waals surface area contributed by atoms with Crippen LogP contribution >= 0.6 is 0 Å². The molecule has 0 bridgehead atoms. The van der Waals surface area contributed by atoms with Crippen molar-refractivity contribution >= 4 is 22.7 Å². The van der Waals surface area contributed by atoms with Crippen LogP contribution in [0.2, 0.25) is 0 Å². The monoisotopic (exact) mass is 499 g/mol. The van der Waals surface area contributed by atoms with Crippen molar-refractivity contribution in [3.8, 4) is 5.75 Å². The molecule has 4 aromatic rings. The Hall–Kier alpha value is -4.33. The summed E-state index contributed by atoms with van der Waals surface area (Å²) in [6.45, 7) is 5.18. The molecule has 1 aliphatic rings. The molecule has 1 amide bonds. The second kappa shape index (κ2) is 9.97. The molecule has 3 heterocycles. The van der Waals surface area contributed by atoms with Gasteiger partial charge < -0.3 is 19.2 Å². The molecule has 0 radical (unpaired) electrons. The molecule has 0 saturated heterocycles. The molecule has 190 valence electrons. The highest BCUT2D eigenvalue weighted by atomic mass is 16.5. The number of carbonyl (C=O) groups is 2. The molecule has 37 heavy (non-hydrogen) atoms. The number of aryl methyl sites for hydroxylation is 1. The lowest BCUT2D eigenvalue weighted by Gasteiger charge is -2.27.